The third-order valence-electron chi connectivity index (χ3n) is 4.92. The van der Waals surface area contributed by atoms with Crippen LogP contribution in [0.4, 0.5) is 5.82 Å². The minimum Gasteiger partial charge on any atom is -0.360 e. The lowest BCUT2D eigenvalue weighted by Crippen LogP contribution is -2.28. The molecule has 0 bridgehead atoms. The van der Waals surface area contributed by atoms with E-state index in [4.69, 9.17) is 23.2 Å². The minimum atomic E-state index is -0.201. The van der Waals surface area contributed by atoms with Crippen LogP contribution in [0.3, 0.4) is 0 Å². The molecule has 1 aliphatic rings. The van der Waals surface area contributed by atoms with Gasteiger partial charge in [0.25, 0.3) is 0 Å². The Labute approximate surface area is 163 Å². The topological polar surface area (TPSA) is 58.1 Å². The highest BCUT2D eigenvalue weighted by Crippen LogP contribution is 2.48. The fourth-order valence-electron chi connectivity index (χ4n) is 2.87. The third-order valence-corrected chi connectivity index (χ3v) is 5.34. The molecule has 0 saturated heterocycles. The van der Waals surface area contributed by atoms with Crippen LogP contribution in [0.1, 0.15) is 48.3 Å². The first-order chi connectivity index (χ1) is 12.3. The summed E-state index contributed by atoms with van der Waals surface area (Å²) in [6.45, 7) is 4.75. The molecule has 26 heavy (non-hydrogen) atoms. The van der Waals surface area contributed by atoms with Crippen molar-refractivity contribution in [2.75, 3.05) is 12.4 Å². The zero-order valence-corrected chi connectivity index (χ0v) is 16.6. The van der Waals surface area contributed by atoms with Crippen molar-refractivity contribution in [3.63, 3.8) is 0 Å². The van der Waals surface area contributed by atoms with E-state index in [2.05, 4.69) is 34.0 Å². The number of rotatable bonds is 7. The van der Waals surface area contributed by atoms with Crippen molar-refractivity contribution in [3.8, 4) is 0 Å². The molecule has 5 nitrogen and oxygen atoms in total. The van der Waals surface area contributed by atoms with Gasteiger partial charge in [0, 0.05) is 23.2 Å². The number of hydrogen-bond acceptors (Lipinski definition) is 5. The Bertz CT molecular complexity index is 804. The number of hydrogen-bond donors (Lipinski definition) is 1. The molecule has 2 aromatic rings. The Balaban J connectivity index is 1.97. The van der Waals surface area contributed by atoms with E-state index in [1.54, 1.807) is 0 Å². The second-order valence-corrected chi connectivity index (χ2v) is 7.82. The standard InChI is InChI=1S/C19H22Cl2N4O/c1-12(2)25(3)10-15-16(11-26)22-18(21)23-17(15)24-19(8-9-19)13-4-6-14(20)7-5-13/h4-7,11-12H,8-10H2,1-3H3,(H,22,23,24). The van der Waals surface area contributed by atoms with Crippen molar-refractivity contribution in [2.45, 2.75) is 44.8 Å². The molecule has 0 aliphatic heterocycles. The smallest absolute Gasteiger partial charge is 0.225 e. The van der Waals surface area contributed by atoms with Gasteiger partial charge >= 0.3 is 0 Å². The number of nitrogens with one attached hydrogen (secondary N) is 1. The number of carbonyl (C=O) groups is 1. The Kier molecular flexibility index (Phi) is 5.51. The SMILES string of the molecule is CC(C)N(C)Cc1c(C=O)nc(Cl)nc1NC1(c2ccc(Cl)cc2)CC1. The van der Waals surface area contributed by atoms with Crippen molar-refractivity contribution in [3.05, 3.63) is 51.4 Å². The average Bonchev–Trinajstić information content (AvgIpc) is 3.37. The summed E-state index contributed by atoms with van der Waals surface area (Å²) in [7, 11) is 2.00. The van der Waals surface area contributed by atoms with Gasteiger partial charge in [-0.3, -0.25) is 9.69 Å². The second-order valence-electron chi connectivity index (χ2n) is 7.05. The molecule has 0 atom stereocenters. The molecule has 138 valence electrons. The zero-order valence-electron chi connectivity index (χ0n) is 15.1. The molecule has 7 heteroatoms. The van der Waals surface area contributed by atoms with Crippen molar-refractivity contribution < 1.29 is 4.79 Å². The van der Waals surface area contributed by atoms with Gasteiger partial charge < -0.3 is 5.32 Å². The van der Waals surface area contributed by atoms with Crippen molar-refractivity contribution in [2.24, 2.45) is 0 Å². The van der Waals surface area contributed by atoms with E-state index in [0.29, 0.717) is 29.1 Å². The van der Waals surface area contributed by atoms with Crippen molar-refractivity contribution in [1.82, 2.24) is 14.9 Å². The summed E-state index contributed by atoms with van der Waals surface area (Å²) in [5.41, 5.74) is 2.04. The number of nitrogens with zero attached hydrogens (tertiary/aromatic N) is 3. The van der Waals surface area contributed by atoms with E-state index in [-0.39, 0.29) is 10.8 Å². The molecule has 0 unspecified atom stereocenters. The highest BCUT2D eigenvalue weighted by molar-refractivity contribution is 6.30. The van der Waals surface area contributed by atoms with Crippen LogP contribution in [-0.4, -0.2) is 34.2 Å². The molecule has 0 amide bonds. The van der Waals surface area contributed by atoms with Gasteiger partial charge in [-0.1, -0.05) is 23.7 Å². The Morgan fingerprint density at radius 3 is 2.42 bits per heavy atom. The molecule has 0 spiro atoms. The first kappa shape index (κ1) is 19.1. The van der Waals surface area contributed by atoms with Crippen LogP contribution in [-0.2, 0) is 12.1 Å². The molecule has 1 saturated carbocycles. The Morgan fingerprint density at radius 1 is 1.23 bits per heavy atom. The van der Waals surface area contributed by atoms with Gasteiger partial charge in [-0.25, -0.2) is 9.97 Å². The molecule has 1 fully saturated rings. The normalized spacial score (nSPS) is 15.3. The lowest BCUT2D eigenvalue weighted by Gasteiger charge is -2.25. The van der Waals surface area contributed by atoms with Crippen molar-refractivity contribution >= 4 is 35.3 Å². The summed E-state index contributed by atoms with van der Waals surface area (Å²) >= 11 is 12.1. The maximum atomic E-state index is 11.6. The Hall–Kier alpha value is -1.69. The summed E-state index contributed by atoms with van der Waals surface area (Å²) < 4.78 is 0. The van der Waals surface area contributed by atoms with Gasteiger partial charge in [0.05, 0.1) is 5.54 Å². The Morgan fingerprint density at radius 2 is 1.88 bits per heavy atom. The highest BCUT2D eigenvalue weighted by atomic mass is 35.5. The van der Waals surface area contributed by atoms with Gasteiger partial charge in [-0.05, 0) is 63.0 Å². The number of halogens is 2. The largest absolute Gasteiger partial charge is 0.360 e. The van der Waals surface area contributed by atoms with Gasteiger partial charge in [0.1, 0.15) is 11.5 Å². The molecule has 1 aliphatic carbocycles. The molecule has 1 aromatic heterocycles. The fraction of sp³-hybridized carbons (Fsp3) is 0.421. The number of anilines is 1. The van der Waals surface area contributed by atoms with E-state index in [9.17, 15) is 4.79 Å². The molecular weight excluding hydrogens is 371 g/mol. The molecule has 1 N–H and O–H groups in total. The number of carbonyl (C=O) groups excluding carboxylic acids is 1. The number of benzene rings is 1. The molecule has 1 aromatic carbocycles. The maximum absolute atomic E-state index is 11.6. The van der Waals surface area contributed by atoms with E-state index < -0.39 is 0 Å². The summed E-state index contributed by atoms with van der Waals surface area (Å²) in [6, 6.07) is 8.13. The number of aldehydes is 1. The lowest BCUT2D eigenvalue weighted by molar-refractivity contribution is 0.111. The monoisotopic (exact) mass is 392 g/mol. The second kappa shape index (κ2) is 7.51. The van der Waals surface area contributed by atoms with Crippen LogP contribution in [0.15, 0.2) is 24.3 Å². The van der Waals surface area contributed by atoms with E-state index in [0.717, 1.165) is 30.3 Å². The predicted molar refractivity (Wildman–Crippen MR) is 105 cm³/mol. The summed E-state index contributed by atoms with van der Waals surface area (Å²) in [5.74, 6) is 0.618. The summed E-state index contributed by atoms with van der Waals surface area (Å²) in [4.78, 5) is 22.2. The fourth-order valence-corrected chi connectivity index (χ4v) is 3.17. The van der Waals surface area contributed by atoms with Gasteiger partial charge in [-0.15, -0.1) is 0 Å². The van der Waals surface area contributed by atoms with Gasteiger partial charge in [-0.2, -0.15) is 0 Å². The van der Waals surface area contributed by atoms with Crippen LogP contribution >= 0.6 is 23.2 Å². The molecular formula is C19H22Cl2N4O. The van der Waals surface area contributed by atoms with Gasteiger partial charge in [0.2, 0.25) is 5.28 Å². The minimum absolute atomic E-state index is 0.0671. The van der Waals surface area contributed by atoms with Crippen LogP contribution in [0.25, 0.3) is 0 Å². The van der Waals surface area contributed by atoms with E-state index >= 15 is 0 Å². The quantitative estimate of drug-likeness (QED) is 0.553. The number of aromatic nitrogens is 2. The first-order valence-electron chi connectivity index (χ1n) is 8.61. The van der Waals surface area contributed by atoms with Gasteiger partial charge in [0.15, 0.2) is 6.29 Å². The van der Waals surface area contributed by atoms with Crippen molar-refractivity contribution in [1.29, 1.82) is 0 Å². The predicted octanol–water partition coefficient (Wildman–Crippen LogP) is 4.54. The molecule has 1 heterocycles. The lowest BCUT2D eigenvalue weighted by atomic mass is 10.0. The summed E-state index contributed by atoms with van der Waals surface area (Å²) in [6.07, 6.45) is 2.70. The zero-order chi connectivity index (χ0) is 18.9. The third kappa shape index (κ3) is 4.00. The molecule has 0 radical (unpaired) electrons. The van der Waals surface area contributed by atoms with E-state index in [1.165, 1.54) is 0 Å². The maximum Gasteiger partial charge on any atom is 0.225 e. The molecule has 3 rings (SSSR count). The van der Waals surface area contributed by atoms with Crippen LogP contribution < -0.4 is 5.32 Å². The summed E-state index contributed by atoms with van der Waals surface area (Å²) in [5, 5.41) is 4.30. The average molecular weight is 393 g/mol. The van der Waals surface area contributed by atoms with Crippen LogP contribution in [0.2, 0.25) is 10.3 Å². The van der Waals surface area contributed by atoms with E-state index in [1.807, 2.05) is 31.3 Å². The van der Waals surface area contributed by atoms with Crippen LogP contribution in [0, 0.1) is 0 Å². The van der Waals surface area contributed by atoms with Crippen LogP contribution in [0.5, 0.6) is 0 Å². The first-order valence-corrected chi connectivity index (χ1v) is 9.36. The highest BCUT2D eigenvalue weighted by Gasteiger charge is 2.45.